The van der Waals surface area contributed by atoms with E-state index in [-0.39, 0.29) is 19.7 Å². The van der Waals surface area contributed by atoms with Crippen LogP contribution in [0.5, 0.6) is 0 Å². The van der Waals surface area contributed by atoms with Crippen molar-refractivity contribution in [3.05, 3.63) is 0 Å². The molecule has 0 saturated carbocycles. The number of hydrogen-bond acceptors (Lipinski definition) is 4. The lowest BCUT2D eigenvalue weighted by Crippen LogP contribution is -2.54. The number of ether oxygens (including phenoxy) is 2. The summed E-state index contributed by atoms with van der Waals surface area (Å²) in [5.41, 5.74) is -0.729. The van der Waals surface area contributed by atoms with E-state index in [1.54, 1.807) is 20.8 Å². The summed E-state index contributed by atoms with van der Waals surface area (Å²) in [5.74, 6) is 0. The molecule has 0 aromatic carbocycles. The average molecular weight is 285 g/mol. The number of carbonyl (C=O) groups excluding carboxylic acids is 1. The Labute approximate surface area is 109 Å². The van der Waals surface area contributed by atoms with Crippen molar-refractivity contribution in [2.24, 2.45) is 0 Å². The fourth-order valence-electron chi connectivity index (χ4n) is 1.57. The van der Waals surface area contributed by atoms with E-state index in [1.807, 2.05) is 0 Å². The first-order chi connectivity index (χ1) is 8.50. The van der Waals surface area contributed by atoms with Gasteiger partial charge in [0.2, 0.25) is 0 Å². The SMILES string of the molecule is CC(C)(C)OC(=O)N1CCOC(C(O)C(F)(F)F)C1. The third-order valence-corrected chi connectivity index (χ3v) is 2.43. The maximum atomic E-state index is 12.4. The number of rotatable bonds is 1. The molecule has 19 heavy (non-hydrogen) atoms. The molecule has 1 N–H and O–H groups in total. The number of carbonyl (C=O) groups is 1. The fourth-order valence-corrected chi connectivity index (χ4v) is 1.57. The van der Waals surface area contributed by atoms with E-state index in [0.29, 0.717) is 0 Å². The van der Waals surface area contributed by atoms with Crippen LogP contribution >= 0.6 is 0 Å². The lowest BCUT2D eigenvalue weighted by Gasteiger charge is -2.36. The van der Waals surface area contributed by atoms with Gasteiger partial charge in [0.15, 0.2) is 6.10 Å². The third kappa shape index (κ3) is 4.87. The van der Waals surface area contributed by atoms with E-state index in [1.165, 1.54) is 0 Å². The molecule has 0 aromatic rings. The van der Waals surface area contributed by atoms with Gasteiger partial charge in [0.25, 0.3) is 0 Å². The van der Waals surface area contributed by atoms with Crippen LogP contribution in [0.15, 0.2) is 0 Å². The van der Waals surface area contributed by atoms with Crippen LogP contribution in [0.25, 0.3) is 0 Å². The molecule has 2 atom stereocenters. The number of aliphatic hydroxyl groups excluding tert-OH is 1. The van der Waals surface area contributed by atoms with Gasteiger partial charge in [-0.2, -0.15) is 13.2 Å². The molecule has 1 aliphatic heterocycles. The smallest absolute Gasteiger partial charge is 0.416 e. The molecule has 0 aliphatic carbocycles. The maximum absolute atomic E-state index is 12.4. The summed E-state index contributed by atoms with van der Waals surface area (Å²) in [7, 11) is 0. The Bertz CT molecular complexity index is 327. The lowest BCUT2D eigenvalue weighted by atomic mass is 10.1. The highest BCUT2D eigenvalue weighted by Crippen LogP contribution is 2.26. The van der Waals surface area contributed by atoms with Crippen molar-refractivity contribution in [2.45, 2.75) is 44.8 Å². The Morgan fingerprint density at radius 3 is 2.47 bits per heavy atom. The molecule has 2 unspecified atom stereocenters. The maximum Gasteiger partial charge on any atom is 0.416 e. The minimum Gasteiger partial charge on any atom is -0.444 e. The van der Waals surface area contributed by atoms with Crippen molar-refractivity contribution >= 4 is 6.09 Å². The molecule has 5 nitrogen and oxygen atoms in total. The summed E-state index contributed by atoms with van der Waals surface area (Å²) >= 11 is 0. The van der Waals surface area contributed by atoms with E-state index in [4.69, 9.17) is 14.6 Å². The molecule has 1 heterocycles. The summed E-state index contributed by atoms with van der Waals surface area (Å²) in [4.78, 5) is 12.8. The van der Waals surface area contributed by atoms with Gasteiger partial charge in [-0.05, 0) is 20.8 Å². The van der Waals surface area contributed by atoms with Crippen LogP contribution in [0.4, 0.5) is 18.0 Å². The van der Waals surface area contributed by atoms with Crippen LogP contribution in [0.3, 0.4) is 0 Å². The molecule has 0 aromatic heterocycles. The van der Waals surface area contributed by atoms with Crippen LogP contribution in [-0.4, -0.2) is 59.8 Å². The van der Waals surface area contributed by atoms with Gasteiger partial charge < -0.3 is 19.5 Å². The molecule has 1 fully saturated rings. The minimum absolute atomic E-state index is 0.0724. The van der Waals surface area contributed by atoms with Gasteiger partial charge in [-0.1, -0.05) is 0 Å². The van der Waals surface area contributed by atoms with Crippen LogP contribution < -0.4 is 0 Å². The predicted molar refractivity (Wildman–Crippen MR) is 59.6 cm³/mol. The van der Waals surface area contributed by atoms with Crippen LogP contribution in [0.1, 0.15) is 20.8 Å². The Morgan fingerprint density at radius 2 is 2.00 bits per heavy atom. The van der Waals surface area contributed by atoms with Crippen LogP contribution in [-0.2, 0) is 9.47 Å². The van der Waals surface area contributed by atoms with Gasteiger partial charge in [0, 0.05) is 6.54 Å². The van der Waals surface area contributed by atoms with E-state index in [0.717, 1.165) is 4.90 Å². The number of aliphatic hydroxyl groups is 1. The normalized spacial score (nSPS) is 23.1. The Balaban J connectivity index is 2.62. The van der Waals surface area contributed by atoms with Gasteiger partial charge in [-0.15, -0.1) is 0 Å². The van der Waals surface area contributed by atoms with Gasteiger partial charge in [-0.25, -0.2) is 4.79 Å². The highest BCUT2D eigenvalue weighted by molar-refractivity contribution is 5.68. The Hall–Kier alpha value is -1.02. The summed E-state index contributed by atoms with van der Waals surface area (Å²) in [6.45, 7) is 4.69. The largest absolute Gasteiger partial charge is 0.444 e. The molecular weight excluding hydrogens is 267 g/mol. The number of amides is 1. The Morgan fingerprint density at radius 1 is 1.42 bits per heavy atom. The van der Waals surface area contributed by atoms with E-state index >= 15 is 0 Å². The van der Waals surface area contributed by atoms with Crippen molar-refractivity contribution < 1.29 is 32.5 Å². The molecule has 8 heteroatoms. The molecule has 1 rings (SSSR count). The summed E-state index contributed by atoms with van der Waals surface area (Å²) in [6, 6.07) is 0. The van der Waals surface area contributed by atoms with Crippen molar-refractivity contribution in [1.82, 2.24) is 4.90 Å². The molecule has 1 saturated heterocycles. The topological polar surface area (TPSA) is 59.0 Å². The number of hydrogen-bond donors (Lipinski definition) is 1. The first kappa shape index (κ1) is 16.0. The van der Waals surface area contributed by atoms with E-state index in [2.05, 4.69) is 0 Å². The highest BCUT2D eigenvalue weighted by atomic mass is 19.4. The number of nitrogens with zero attached hydrogens (tertiary/aromatic N) is 1. The van der Waals surface area contributed by atoms with Crippen LogP contribution in [0, 0.1) is 0 Å². The van der Waals surface area contributed by atoms with Gasteiger partial charge in [0.05, 0.1) is 13.2 Å². The average Bonchev–Trinajstić information content (AvgIpc) is 2.24. The summed E-state index contributed by atoms with van der Waals surface area (Å²) in [5, 5.41) is 9.11. The van der Waals surface area contributed by atoms with Crippen molar-refractivity contribution in [3.8, 4) is 0 Å². The van der Waals surface area contributed by atoms with Crippen molar-refractivity contribution in [3.63, 3.8) is 0 Å². The lowest BCUT2D eigenvalue weighted by molar-refractivity contribution is -0.243. The van der Waals surface area contributed by atoms with Gasteiger partial charge >= 0.3 is 12.3 Å². The van der Waals surface area contributed by atoms with Crippen molar-refractivity contribution in [2.75, 3.05) is 19.7 Å². The van der Waals surface area contributed by atoms with Gasteiger partial charge in [0.1, 0.15) is 11.7 Å². The fraction of sp³-hybridized carbons (Fsp3) is 0.909. The van der Waals surface area contributed by atoms with Gasteiger partial charge in [-0.3, -0.25) is 0 Å². The molecule has 1 amide bonds. The second-order valence-electron chi connectivity index (χ2n) is 5.32. The molecule has 0 radical (unpaired) electrons. The Kier molecular flexibility index (Phi) is 4.67. The second-order valence-corrected chi connectivity index (χ2v) is 5.32. The number of morpholine rings is 1. The zero-order valence-electron chi connectivity index (χ0n) is 11.0. The minimum atomic E-state index is -4.78. The monoisotopic (exact) mass is 285 g/mol. The standard InChI is InChI=1S/C11H18F3NO4/c1-10(2,3)19-9(17)15-4-5-18-7(6-15)8(16)11(12,13)14/h7-8,16H,4-6H2,1-3H3. The molecule has 112 valence electrons. The quantitative estimate of drug-likeness (QED) is 0.794. The highest BCUT2D eigenvalue weighted by Gasteiger charge is 2.46. The van der Waals surface area contributed by atoms with Crippen LogP contribution in [0.2, 0.25) is 0 Å². The summed E-state index contributed by atoms with van der Waals surface area (Å²) < 4.78 is 47.0. The first-order valence-electron chi connectivity index (χ1n) is 5.85. The predicted octanol–water partition coefficient (Wildman–Crippen LogP) is 1.55. The second kappa shape index (κ2) is 5.54. The third-order valence-electron chi connectivity index (χ3n) is 2.43. The van der Waals surface area contributed by atoms with E-state index < -0.39 is 30.1 Å². The number of halogens is 3. The summed E-state index contributed by atoms with van der Waals surface area (Å²) in [6.07, 6.45) is -9.59. The molecular formula is C11H18F3NO4. The molecule has 0 spiro atoms. The van der Waals surface area contributed by atoms with Crippen molar-refractivity contribution in [1.29, 1.82) is 0 Å². The zero-order chi connectivity index (χ0) is 14.8. The number of alkyl halides is 3. The molecule has 0 bridgehead atoms. The zero-order valence-corrected chi connectivity index (χ0v) is 11.0. The van der Waals surface area contributed by atoms with E-state index in [9.17, 15) is 18.0 Å². The first-order valence-corrected chi connectivity index (χ1v) is 5.85. The molecule has 1 aliphatic rings.